The molecule has 180 valence electrons. The van der Waals surface area contributed by atoms with Gasteiger partial charge in [0.1, 0.15) is 5.82 Å². The van der Waals surface area contributed by atoms with Crippen LogP contribution in [0.25, 0.3) is 16.9 Å². The van der Waals surface area contributed by atoms with Gasteiger partial charge in [-0.1, -0.05) is 12.1 Å². The molecule has 0 saturated heterocycles. The van der Waals surface area contributed by atoms with Crippen LogP contribution in [-0.4, -0.2) is 42.5 Å². The monoisotopic (exact) mass is 485 g/mol. The first-order valence-corrected chi connectivity index (χ1v) is 10.1. The van der Waals surface area contributed by atoms with E-state index in [0.29, 0.717) is 35.9 Å². The van der Waals surface area contributed by atoms with Gasteiger partial charge in [0.2, 0.25) is 11.8 Å². The second kappa shape index (κ2) is 9.62. The van der Waals surface area contributed by atoms with Crippen LogP contribution in [0.3, 0.4) is 0 Å². The van der Waals surface area contributed by atoms with Gasteiger partial charge in [-0.15, -0.1) is 0 Å². The number of hydrogen-bond acceptors (Lipinski definition) is 9. The van der Waals surface area contributed by atoms with Crippen molar-refractivity contribution in [3.8, 4) is 16.9 Å². The number of hydrogen-bond donors (Lipinski definition) is 3. The third-order valence-electron chi connectivity index (χ3n) is 4.85. The number of pyridine rings is 1. The Kier molecular flexibility index (Phi) is 6.44. The van der Waals surface area contributed by atoms with Gasteiger partial charge < -0.3 is 20.9 Å². The molecule has 0 saturated carbocycles. The Morgan fingerprint density at radius 2 is 1.80 bits per heavy atom. The molecule has 0 radical (unpaired) electrons. The van der Waals surface area contributed by atoms with Crippen LogP contribution in [0, 0.1) is 10.1 Å². The molecule has 14 heteroatoms. The van der Waals surface area contributed by atoms with Crippen molar-refractivity contribution < 1.29 is 18.1 Å². The molecule has 0 atom stereocenters. The van der Waals surface area contributed by atoms with E-state index in [1.54, 1.807) is 17.0 Å². The van der Waals surface area contributed by atoms with Crippen molar-refractivity contribution in [2.45, 2.75) is 6.18 Å². The van der Waals surface area contributed by atoms with E-state index < -0.39 is 16.7 Å². The quantitative estimate of drug-likeness (QED) is 0.193. The van der Waals surface area contributed by atoms with Crippen LogP contribution >= 0.6 is 0 Å². The Morgan fingerprint density at radius 3 is 2.43 bits per heavy atom. The van der Waals surface area contributed by atoms with Gasteiger partial charge in [-0.2, -0.15) is 13.2 Å². The van der Waals surface area contributed by atoms with E-state index in [0.717, 1.165) is 12.1 Å². The first kappa shape index (κ1) is 23.4. The molecule has 0 aliphatic rings. The molecule has 3 aromatic heterocycles. The number of nitrogens with one attached hydrogen (secondary N) is 2. The summed E-state index contributed by atoms with van der Waals surface area (Å²) in [6.45, 7) is 0.696. The molecule has 4 rings (SSSR count). The predicted molar refractivity (Wildman–Crippen MR) is 122 cm³/mol. The zero-order valence-corrected chi connectivity index (χ0v) is 17.9. The predicted octanol–water partition coefficient (Wildman–Crippen LogP) is 3.76. The van der Waals surface area contributed by atoms with E-state index in [9.17, 15) is 23.3 Å². The van der Waals surface area contributed by atoms with Crippen molar-refractivity contribution in [1.29, 1.82) is 0 Å². The van der Waals surface area contributed by atoms with Gasteiger partial charge in [0.25, 0.3) is 0 Å². The van der Waals surface area contributed by atoms with E-state index in [1.807, 2.05) is 0 Å². The molecule has 0 aliphatic heterocycles. The Balaban J connectivity index is 1.49. The number of aromatic nitrogens is 5. The first-order valence-electron chi connectivity index (χ1n) is 10.1. The number of imidazole rings is 1. The zero-order chi connectivity index (χ0) is 25.0. The lowest BCUT2D eigenvalue weighted by Gasteiger charge is -2.13. The van der Waals surface area contributed by atoms with Crippen molar-refractivity contribution in [3.63, 3.8) is 0 Å². The summed E-state index contributed by atoms with van der Waals surface area (Å²) in [6.07, 6.45) is 1.86. The summed E-state index contributed by atoms with van der Waals surface area (Å²) >= 11 is 0. The summed E-state index contributed by atoms with van der Waals surface area (Å²) < 4.78 is 40.6. The number of rotatable bonds is 8. The van der Waals surface area contributed by atoms with Crippen molar-refractivity contribution in [2.75, 3.05) is 29.5 Å². The van der Waals surface area contributed by atoms with Crippen LogP contribution in [0.2, 0.25) is 0 Å². The van der Waals surface area contributed by atoms with Gasteiger partial charge in [-0.25, -0.2) is 19.9 Å². The number of nitrogens with zero attached hydrogens (tertiary/aromatic N) is 6. The smallest absolute Gasteiger partial charge is 0.378 e. The summed E-state index contributed by atoms with van der Waals surface area (Å²) in [5.74, 6) is 0.408. The standard InChI is InChI=1S/C21H18F3N9O2/c22-21(23,24)14-3-1-13(2-4-14)18-16(32-10-9-26-12-32)11-29-20(31-18)28-8-7-27-17-6-5-15(33(34)35)19(25)30-17/h1-6,9-12H,7-8H2,(H3,25,27,30)(H,28,29,31). The first-order chi connectivity index (χ1) is 16.7. The number of halogens is 3. The number of anilines is 3. The average Bonchev–Trinajstić information content (AvgIpc) is 3.36. The number of nitrogen functional groups attached to an aromatic ring is 1. The van der Waals surface area contributed by atoms with E-state index in [1.165, 1.54) is 36.8 Å². The van der Waals surface area contributed by atoms with Crippen molar-refractivity contribution in [3.05, 3.63) is 77.0 Å². The second-order valence-electron chi connectivity index (χ2n) is 7.18. The molecule has 4 N–H and O–H groups in total. The molecule has 4 aromatic rings. The van der Waals surface area contributed by atoms with Gasteiger partial charge in [-0.3, -0.25) is 10.1 Å². The van der Waals surface area contributed by atoms with Crippen LogP contribution in [0.15, 0.2) is 61.3 Å². The Morgan fingerprint density at radius 1 is 1.06 bits per heavy atom. The maximum absolute atomic E-state index is 13.0. The third-order valence-corrected chi connectivity index (χ3v) is 4.85. The fourth-order valence-corrected chi connectivity index (χ4v) is 3.17. The zero-order valence-electron chi connectivity index (χ0n) is 17.9. The molecular weight excluding hydrogens is 467 g/mol. The molecule has 0 unspecified atom stereocenters. The van der Waals surface area contributed by atoms with Crippen LogP contribution in [0.5, 0.6) is 0 Å². The molecule has 0 spiro atoms. The fraction of sp³-hybridized carbons (Fsp3) is 0.143. The summed E-state index contributed by atoms with van der Waals surface area (Å²) in [7, 11) is 0. The van der Waals surface area contributed by atoms with Crippen molar-refractivity contribution in [2.24, 2.45) is 0 Å². The second-order valence-corrected chi connectivity index (χ2v) is 7.18. The minimum absolute atomic E-state index is 0.201. The van der Waals surface area contributed by atoms with E-state index in [-0.39, 0.29) is 17.5 Å². The molecule has 11 nitrogen and oxygen atoms in total. The van der Waals surface area contributed by atoms with E-state index in [4.69, 9.17) is 5.73 Å². The lowest BCUT2D eigenvalue weighted by Crippen LogP contribution is -2.16. The van der Waals surface area contributed by atoms with Crippen LogP contribution in [0.4, 0.5) is 36.4 Å². The molecule has 0 amide bonds. The van der Waals surface area contributed by atoms with Crippen LogP contribution in [0.1, 0.15) is 5.56 Å². The van der Waals surface area contributed by atoms with Gasteiger partial charge in [-0.05, 0) is 18.2 Å². The largest absolute Gasteiger partial charge is 0.416 e. The minimum Gasteiger partial charge on any atom is -0.378 e. The molecular formula is C21H18F3N9O2. The number of nitro groups is 1. The van der Waals surface area contributed by atoms with Gasteiger partial charge >= 0.3 is 11.9 Å². The van der Waals surface area contributed by atoms with Crippen molar-refractivity contribution >= 4 is 23.3 Å². The SMILES string of the molecule is Nc1nc(NCCNc2ncc(-n3ccnc3)c(-c3ccc(C(F)(F)F)cc3)n2)ccc1[N+](=O)[O-]. The molecule has 0 bridgehead atoms. The van der Waals surface area contributed by atoms with Crippen molar-refractivity contribution in [1.82, 2.24) is 24.5 Å². The normalized spacial score (nSPS) is 11.3. The minimum atomic E-state index is -4.44. The lowest BCUT2D eigenvalue weighted by atomic mass is 10.1. The molecule has 35 heavy (non-hydrogen) atoms. The summed E-state index contributed by atoms with van der Waals surface area (Å²) in [4.78, 5) is 26.9. The summed E-state index contributed by atoms with van der Waals surface area (Å²) in [6, 6.07) is 7.38. The number of benzene rings is 1. The highest BCUT2D eigenvalue weighted by molar-refractivity contribution is 5.70. The van der Waals surface area contributed by atoms with Crippen LogP contribution in [-0.2, 0) is 6.18 Å². The Hall–Kier alpha value is -4.75. The van der Waals surface area contributed by atoms with Crippen LogP contribution < -0.4 is 16.4 Å². The molecule has 0 fully saturated rings. The molecule has 0 aliphatic carbocycles. The Labute approximate surface area is 196 Å². The maximum atomic E-state index is 13.0. The van der Waals surface area contributed by atoms with E-state index >= 15 is 0 Å². The number of alkyl halides is 3. The van der Waals surface area contributed by atoms with E-state index in [2.05, 4.69) is 30.6 Å². The molecule has 1 aromatic carbocycles. The summed E-state index contributed by atoms with van der Waals surface area (Å²) in [5, 5.41) is 16.8. The number of nitrogens with two attached hydrogens (primary N) is 1. The fourth-order valence-electron chi connectivity index (χ4n) is 3.17. The Bertz CT molecular complexity index is 1330. The van der Waals surface area contributed by atoms with Gasteiger partial charge in [0.05, 0.1) is 34.4 Å². The highest BCUT2D eigenvalue weighted by Gasteiger charge is 2.30. The summed E-state index contributed by atoms with van der Waals surface area (Å²) in [5.41, 5.74) is 5.95. The average molecular weight is 485 g/mol. The third kappa shape index (κ3) is 5.43. The van der Waals surface area contributed by atoms with Gasteiger partial charge in [0.15, 0.2) is 0 Å². The van der Waals surface area contributed by atoms with Gasteiger partial charge in [0, 0.05) is 37.1 Å². The molecule has 3 heterocycles. The highest BCUT2D eigenvalue weighted by atomic mass is 19.4. The lowest BCUT2D eigenvalue weighted by molar-refractivity contribution is -0.384. The topological polar surface area (TPSA) is 150 Å². The maximum Gasteiger partial charge on any atom is 0.416 e. The highest BCUT2D eigenvalue weighted by Crippen LogP contribution is 2.32.